The van der Waals surface area contributed by atoms with Gasteiger partial charge < -0.3 is 15.0 Å². The van der Waals surface area contributed by atoms with Gasteiger partial charge in [0, 0.05) is 16.6 Å². The second-order valence-electron chi connectivity index (χ2n) is 4.73. The number of carbonyl (C=O) groups is 1. The summed E-state index contributed by atoms with van der Waals surface area (Å²) in [7, 11) is 0. The number of rotatable bonds is 6. The number of hydrogen-bond donors (Lipinski definition) is 2. The highest BCUT2D eigenvalue weighted by molar-refractivity contribution is 6.34. The Bertz CT molecular complexity index is 640. The van der Waals surface area contributed by atoms with Crippen LogP contribution in [0.3, 0.4) is 0 Å². The van der Waals surface area contributed by atoms with Crippen LogP contribution in [0.2, 0.25) is 10.0 Å². The Balaban J connectivity index is 1.91. The molecule has 1 aromatic carbocycles. The number of amides is 1. The van der Waals surface area contributed by atoms with Gasteiger partial charge in [-0.3, -0.25) is 4.79 Å². The molecule has 0 radical (unpaired) electrons. The molecule has 1 aromatic heterocycles. The fourth-order valence-corrected chi connectivity index (χ4v) is 2.53. The van der Waals surface area contributed by atoms with Crippen molar-refractivity contribution in [3.8, 4) is 0 Å². The second kappa shape index (κ2) is 7.58. The maximum Gasteiger partial charge on any atom is 0.223 e. The number of hydrogen-bond acceptors (Lipinski definition) is 4. The van der Waals surface area contributed by atoms with Crippen molar-refractivity contribution in [3.05, 3.63) is 46.0 Å². The van der Waals surface area contributed by atoms with Gasteiger partial charge in [-0.15, -0.1) is 10.2 Å². The molecule has 0 saturated carbocycles. The second-order valence-corrected chi connectivity index (χ2v) is 5.61. The van der Waals surface area contributed by atoms with E-state index in [2.05, 4.69) is 15.5 Å². The molecule has 2 aromatic rings. The normalized spacial score (nSPS) is 12.2. The van der Waals surface area contributed by atoms with E-state index < -0.39 is 6.10 Å². The molecule has 8 heteroatoms. The quantitative estimate of drug-likeness (QED) is 0.844. The topological polar surface area (TPSA) is 80.0 Å². The summed E-state index contributed by atoms with van der Waals surface area (Å²) in [5.41, 5.74) is 0.504. The van der Waals surface area contributed by atoms with Crippen LogP contribution in [0.1, 0.15) is 30.8 Å². The molecule has 1 heterocycles. The van der Waals surface area contributed by atoms with E-state index in [1.807, 2.05) is 11.5 Å². The molecule has 2 rings (SSSR count). The number of aromatic nitrogens is 3. The lowest BCUT2D eigenvalue weighted by Crippen LogP contribution is -2.26. The van der Waals surface area contributed by atoms with Gasteiger partial charge in [-0.05, 0) is 30.7 Å². The van der Waals surface area contributed by atoms with Crippen LogP contribution in [0.25, 0.3) is 0 Å². The van der Waals surface area contributed by atoms with Crippen molar-refractivity contribution in [2.24, 2.45) is 0 Å². The van der Waals surface area contributed by atoms with Crippen LogP contribution >= 0.6 is 23.2 Å². The number of aliphatic hydroxyl groups excluding tert-OH is 1. The summed E-state index contributed by atoms with van der Waals surface area (Å²) in [5.74, 6) is 0.366. The van der Waals surface area contributed by atoms with Gasteiger partial charge in [-0.1, -0.05) is 23.2 Å². The van der Waals surface area contributed by atoms with Crippen LogP contribution in [0.5, 0.6) is 0 Å². The lowest BCUT2D eigenvalue weighted by Gasteiger charge is -2.12. The molecular formula is C14H16Cl2N4O2. The first kappa shape index (κ1) is 16.7. The molecule has 0 bridgehead atoms. The molecule has 0 saturated heterocycles. The third kappa shape index (κ3) is 4.43. The highest BCUT2D eigenvalue weighted by Gasteiger charge is 2.15. The monoisotopic (exact) mass is 342 g/mol. The van der Waals surface area contributed by atoms with E-state index in [0.717, 1.165) is 6.54 Å². The predicted molar refractivity (Wildman–Crippen MR) is 83.6 cm³/mol. The van der Waals surface area contributed by atoms with Gasteiger partial charge in [-0.2, -0.15) is 0 Å². The smallest absolute Gasteiger partial charge is 0.223 e. The summed E-state index contributed by atoms with van der Waals surface area (Å²) in [6.45, 7) is 2.94. The molecule has 0 fully saturated rings. The molecule has 1 amide bonds. The Labute approximate surface area is 138 Å². The maximum absolute atomic E-state index is 11.9. The summed E-state index contributed by atoms with van der Waals surface area (Å²) >= 11 is 11.8. The lowest BCUT2D eigenvalue weighted by atomic mass is 10.1. The van der Waals surface area contributed by atoms with E-state index in [1.54, 1.807) is 24.5 Å². The maximum atomic E-state index is 11.9. The van der Waals surface area contributed by atoms with Gasteiger partial charge in [0.2, 0.25) is 5.91 Å². The van der Waals surface area contributed by atoms with Crippen LogP contribution in [-0.2, 0) is 17.9 Å². The van der Waals surface area contributed by atoms with Gasteiger partial charge in [0.15, 0.2) is 5.82 Å². The fraction of sp³-hybridized carbons (Fsp3) is 0.357. The SMILES string of the molecule is CCn1cnnc1CNC(=O)CC(O)c1cc(Cl)cc(Cl)c1. The molecule has 118 valence electrons. The molecule has 22 heavy (non-hydrogen) atoms. The highest BCUT2D eigenvalue weighted by Crippen LogP contribution is 2.25. The third-order valence-corrected chi connectivity index (χ3v) is 3.56. The minimum absolute atomic E-state index is 0.0864. The molecule has 0 aliphatic carbocycles. The summed E-state index contributed by atoms with van der Waals surface area (Å²) in [5, 5.41) is 21.3. The van der Waals surface area contributed by atoms with Crippen molar-refractivity contribution in [1.82, 2.24) is 20.1 Å². The zero-order chi connectivity index (χ0) is 16.1. The predicted octanol–water partition coefficient (Wildman–Crippen LogP) is 2.34. The van der Waals surface area contributed by atoms with Crippen molar-refractivity contribution in [3.63, 3.8) is 0 Å². The fourth-order valence-electron chi connectivity index (χ4n) is 1.99. The Hall–Kier alpha value is -1.63. The molecule has 1 atom stereocenters. The zero-order valence-electron chi connectivity index (χ0n) is 12.0. The van der Waals surface area contributed by atoms with E-state index in [-0.39, 0.29) is 18.9 Å². The molecular weight excluding hydrogens is 327 g/mol. The Morgan fingerprint density at radius 2 is 2.05 bits per heavy atom. The van der Waals surface area contributed by atoms with Crippen molar-refractivity contribution >= 4 is 29.1 Å². The summed E-state index contributed by atoms with van der Waals surface area (Å²) < 4.78 is 1.83. The van der Waals surface area contributed by atoms with E-state index in [9.17, 15) is 9.90 Å². The molecule has 0 aliphatic heterocycles. The van der Waals surface area contributed by atoms with E-state index in [0.29, 0.717) is 21.4 Å². The molecule has 6 nitrogen and oxygen atoms in total. The minimum Gasteiger partial charge on any atom is -0.388 e. The standard InChI is InChI=1S/C14H16Cl2N4O2/c1-2-20-8-18-19-13(20)7-17-14(22)6-12(21)9-3-10(15)5-11(16)4-9/h3-5,8,12,21H,2,6-7H2,1H3,(H,17,22). The molecule has 1 unspecified atom stereocenters. The number of nitrogens with one attached hydrogen (secondary N) is 1. The minimum atomic E-state index is -0.972. The van der Waals surface area contributed by atoms with Gasteiger partial charge >= 0.3 is 0 Å². The Morgan fingerprint density at radius 3 is 2.68 bits per heavy atom. The molecule has 0 spiro atoms. The molecule has 2 N–H and O–H groups in total. The number of aliphatic hydroxyl groups is 1. The van der Waals surface area contributed by atoms with Crippen molar-refractivity contribution in [2.45, 2.75) is 32.5 Å². The van der Waals surface area contributed by atoms with Crippen LogP contribution in [0.4, 0.5) is 0 Å². The first-order valence-electron chi connectivity index (χ1n) is 6.77. The average molecular weight is 343 g/mol. The number of nitrogens with zero attached hydrogens (tertiary/aromatic N) is 3. The van der Waals surface area contributed by atoms with Gasteiger partial charge in [-0.25, -0.2) is 0 Å². The van der Waals surface area contributed by atoms with Crippen LogP contribution in [0.15, 0.2) is 24.5 Å². The van der Waals surface area contributed by atoms with E-state index >= 15 is 0 Å². The zero-order valence-corrected chi connectivity index (χ0v) is 13.5. The van der Waals surface area contributed by atoms with Crippen molar-refractivity contribution in [1.29, 1.82) is 0 Å². The number of aryl methyl sites for hydroxylation is 1. The van der Waals surface area contributed by atoms with Gasteiger partial charge in [0.25, 0.3) is 0 Å². The van der Waals surface area contributed by atoms with Crippen LogP contribution in [0, 0.1) is 0 Å². The highest BCUT2D eigenvalue weighted by atomic mass is 35.5. The van der Waals surface area contributed by atoms with Crippen molar-refractivity contribution in [2.75, 3.05) is 0 Å². The summed E-state index contributed by atoms with van der Waals surface area (Å²) in [4.78, 5) is 11.9. The Kier molecular flexibility index (Phi) is 5.76. The van der Waals surface area contributed by atoms with Crippen LogP contribution in [-0.4, -0.2) is 25.8 Å². The van der Waals surface area contributed by atoms with Gasteiger partial charge in [0.05, 0.1) is 19.1 Å². The first-order valence-corrected chi connectivity index (χ1v) is 7.52. The third-order valence-electron chi connectivity index (χ3n) is 3.13. The van der Waals surface area contributed by atoms with Gasteiger partial charge in [0.1, 0.15) is 6.33 Å². The summed E-state index contributed by atoms with van der Waals surface area (Å²) in [6.07, 6.45) is 0.543. The number of carbonyl (C=O) groups excluding carboxylic acids is 1. The van der Waals surface area contributed by atoms with Crippen LogP contribution < -0.4 is 5.32 Å². The van der Waals surface area contributed by atoms with Crippen molar-refractivity contribution < 1.29 is 9.90 Å². The van der Waals surface area contributed by atoms with E-state index in [4.69, 9.17) is 23.2 Å². The lowest BCUT2D eigenvalue weighted by molar-refractivity contribution is -0.123. The van der Waals surface area contributed by atoms with E-state index in [1.165, 1.54) is 0 Å². The summed E-state index contributed by atoms with van der Waals surface area (Å²) in [6, 6.07) is 4.73. The Morgan fingerprint density at radius 1 is 1.36 bits per heavy atom. The average Bonchev–Trinajstić information content (AvgIpc) is 2.91. The number of halogens is 2. The first-order chi connectivity index (χ1) is 10.5. The number of benzene rings is 1. The molecule has 0 aliphatic rings. The largest absolute Gasteiger partial charge is 0.388 e.